The summed E-state index contributed by atoms with van der Waals surface area (Å²) in [5, 5.41) is 15.3. The first kappa shape index (κ1) is 11.9. The average molecular weight is 244 g/mol. The zero-order chi connectivity index (χ0) is 11.8. The van der Waals surface area contributed by atoms with Crippen LogP contribution in [0.1, 0.15) is 25.5 Å². The monoisotopic (exact) mass is 243 g/mol. The van der Waals surface area contributed by atoms with Crippen molar-refractivity contribution in [2.24, 2.45) is 7.05 Å². The Labute approximate surface area is 101 Å². The molecule has 0 amide bonds. The van der Waals surface area contributed by atoms with Gasteiger partial charge in [0, 0.05) is 20.1 Å². The summed E-state index contributed by atoms with van der Waals surface area (Å²) < 4.78 is 1.68. The smallest absolute Gasteiger partial charge is 0.110 e. The van der Waals surface area contributed by atoms with Gasteiger partial charge in [-0.3, -0.25) is 4.68 Å². The van der Waals surface area contributed by atoms with Crippen molar-refractivity contribution in [3.8, 4) is 0 Å². The molecule has 0 spiro atoms. The number of likely N-dealkylation sites (tertiary alicyclic amines) is 1. The van der Waals surface area contributed by atoms with E-state index in [-0.39, 0.29) is 0 Å². The van der Waals surface area contributed by atoms with Crippen LogP contribution < -0.4 is 0 Å². The van der Waals surface area contributed by atoms with E-state index in [1.165, 1.54) is 0 Å². The van der Waals surface area contributed by atoms with Gasteiger partial charge in [-0.2, -0.15) is 5.10 Å². The second kappa shape index (κ2) is 4.35. The predicted octanol–water partition coefficient (Wildman–Crippen LogP) is 1.38. The number of hydrogen-bond donors (Lipinski definition) is 1. The third-order valence-corrected chi connectivity index (χ3v) is 3.74. The molecule has 16 heavy (non-hydrogen) atoms. The minimum Gasteiger partial charge on any atom is -0.383 e. The summed E-state index contributed by atoms with van der Waals surface area (Å²) in [5.74, 6) is 0. The molecule has 1 aromatic rings. The van der Waals surface area contributed by atoms with E-state index < -0.39 is 5.60 Å². The number of aliphatic hydroxyl groups is 1. The lowest BCUT2D eigenvalue weighted by Gasteiger charge is -2.37. The van der Waals surface area contributed by atoms with Gasteiger partial charge in [-0.25, -0.2) is 0 Å². The van der Waals surface area contributed by atoms with Crippen LogP contribution in [0.25, 0.3) is 0 Å². The van der Waals surface area contributed by atoms with E-state index in [4.69, 9.17) is 11.6 Å². The highest BCUT2D eigenvalue weighted by Gasteiger charge is 2.37. The van der Waals surface area contributed by atoms with Crippen LogP contribution in [0.3, 0.4) is 0 Å². The van der Waals surface area contributed by atoms with Crippen molar-refractivity contribution >= 4 is 11.6 Å². The molecule has 1 aromatic heterocycles. The number of aromatic nitrogens is 2. The van der Waals surface area contributed by atoms with Gasteiger partial charge in [0.25, 0.3) is 0 Å². The standard InChI is InChI=1S/C11H18ClN3O/c1-3-15-6-4-11(16,5-7-15)10-9(12)8-13-14(10)2/h8,16H,3-7H2,1-2H3. The minimum absolute atomic E-state index is 0.565. The molecule has 90 valence electrons. The van der Waals surface area contributed by atoms with Crippen molar-refractivity contribution < 1.29 is 5.11 Å². The molecule has 2 rings (SSSR count). The molecule has 0 radical (unpaired) electrons. The summed E-state index contributed by atoms with van der Waals surface area (Å²) in [4.78, 5) is 2.33. The van der Waals surface area contributed by atoms with E-state index in [9.17, 15) is 5.11 Å². The number of nitrogens with zero attached hydrogens (tertiary/aromatic N) is 3. The summed E-state index contributed by atoms with van der Waals surface area (Å²) in [7, 11) is 1.82. The fraction of sp³-hybridized carbons (Fsp3) is 0.727. The van der Waals surface area contributed by atoms with E-state index in [1.54, 1.807) is 10.9 Å². The quantitative estimate of drug-likeness (QED) is 0.853. The molecule has 0 aliphatic carbocycles. The highest BCUT2D eigenvalue weighted by Crippen LogP contribution is 2.36. The van der Waals surface area contributed by atoms with Gasteiger partial charge in [0.2, 0.25) is 0 Å². The fourth-order valence-electron chi connectivity index (χ4n) is 2.41. The number of piperidine rings is 1. The summed E-state index contributed by atoms with van der Waals surface area (Å²) >= 11 is 6.08. The maximum absolute atomic E-state index is 10.6. The Morgan fingerprint density at radius 2 is 2.12 bits per heavy atom. The Bertz CT molecular complexity index is 350. The van der Waals surface area contributed by atoms with Crippen molar-refractivity contribution in [1.29, 1.82) is 0 Å². The van der Waals surface area contributed by atoms with Gasteiger partial charge in [0.15, 0.2) is 0 Å². The van der Waals surface area contributed by atoms with Gasteiger partial charge >= 0.3 is 0 Å². The molecule has 1 aliphatic rings. The largest absolute Gasteiger partial charge is 0.383 e. The molecule has 0 bridgehead atoms. The zero-order valence-corrected chi connectivity index (χ0v) is 10.5. The second-order valence-corrected chi connectivity index (χ2v) is 4.84. The number of halogens is 1. The highest BCUT2D eigenvalue weighted by molar-refractivity contribution is 6.31. The maximum Gasteiger partial charge on any atom is 0.110 e. The molecule has 1 fully saturated rings. The van der Waals surface area contributed by atoms with Crippen molar-refractivity contribution in [3.05, 3.63) is 16.9 Å². The Balaban J connectivity index is 2.21. The molecule has 5 heteroatoms. The summed E-state index contributed by atoms with van der Waals surface area (Å²) in [6.07, 6.45) is 3.04. The van der Waals surface area contributed by atoms with Crippen molar-refractivity contribution in [1.82, 2.24) is 14.7 Å². The summed E-state index contributed by atoms with van der Waals surface area (Å²) in [6, 6.07) is 0. The van der Waals surface area contributed by atoms with Gasteiger partial charge in [0.05, 0.1) is 16.9 Å². The van der Waals surface area contributed by atoms with Crippen LogP contribution in [0, 0.1) is 0 Å². The molecule has 0 aromatic carbocycles. The van der Waals surface area contributed by atoms with Crippen molar-refractivity contribution in [2.75, 3.05) is 19.6 Å². The van der Waals surface area contributed by atoms with Crippen LogP contribution in [-0.4, -0.2) is 39.4 Å². The molecule has 2 heterocycles. The minimum atomic E-state index is -0.812. The SMILES string of the molecule is CCN1CCC(O)(c2c(Cl)cnn2C)CC1. The van der Waals surface area contributed by atoms with E-state index in [0.717, 1.165) is 38.2 Å². The third kappa shape index (κ3) is 1.97. The van der Waals surface area contributed by atoms with Crippen LogP contribution in [0.4, 0.5) is 0 Å². The van der Waals surface area contributed by atoms with Gasteiger partial charge in [0.1, 0.15) is 5.60 Å². The van der Waals surface area contributed by atoms with E-state index in [2.05, 4.69) is 16.9 Å². The zero-order valence-electron chi connectivity index (χ0n) is 9.78. The van der Waals surface area contributed by atoms with Crippen molar-refractivity contribution in [2.45, 2.75) is 25.4 Å². The van der Waals surface area contributed by atoms with E-state index in [1.807, 2.05) is 7.05 Å². The first-order valence-corrected chi connectivity index (χ1v) is 6.07. The first-order chi connectivity index (χ1) is 7.57. The second-order valence-electron chi connectivity index (χ2n) is 4.43. The van der Waals surface area contributed by atoms with Crippen LogP contribution in [0.15, 0.2) is 6.20 Å². The van der Waals surface area contributed by atoms with E-state index >= 15 is 0 Å². The Hall–Kier alpha value is -0.580. The Kier molecular flexibility index (Phi) is 3.24. The highest BCUT2D eigenvalue weighted by atomic mass is 35.5. The van der Waals surface area contributed by atoms with Gasteiger partial charge in [-0.15, -0.1) is 0 Å². The topological polar surface area (TPSA) is 41.3 Å². The molecule has 1 saturated heterocycles. The molecule has 1 aliphatic heterocycles. The molecule has 0 atom stereocenters. The molecule has 0 unspecified atom stereocenters. The van der Waals surface area contributed by atoms with Crippen molar-refractivity contribution in [3.63, 3.8) is 0 Å². The summed E-state index contributed by atoms with van der Waals surface area (Å²) in [5.41, 5.74) is -0.0569. The predicted molar refractivity (Wildman–Crippen MR) is 63.5 cm³/mol. The lowest BCUT2D eigenvalue weighted by atomic mass is 9.88. The number of rotatable bonds is 2. The molecule has 1 N–H and O–H groups in total. The lowest BCUT2D eigenvalue weighted by molar-refractivity contribution is -0.0308. The van der Waals surface area contributed by atoms with Crippen LogP contribution in [-0.2, 0) is 12.6 Å². The number of aryl methyl sites for hydroxylation is 1. The normalized spacial score (nSPS) is 21.2. The van der Waals surface area contributed by atoms with Crippen LogP contribution >= 0.6 is 11.6 Å². The molecular weight excluding hydrogens is 226 g/mol. The molecular formula is C11H18ClN3O. The summed E-state index contributed by atoms with van der Waals surface area (Å²) in [6.45, 7) is 5.00. The van der Waals surface area contributed by atoms with Crippen LogP contribution in [0.2, 0.25) is 5.02 Å². The van der Waals surface area contributed by atoms with Crippen LogP contribution in [0.5, 0.6) is 0 Å². The van der Waals surface area contributed by atoms with E-state index in [0.29, 0.717) is 5.02 Å². The molecule has 0 saturated carbocycles. The van der Waals surface area contributed by atoms with Gasteiger partial charge in [-0.05, 0) is 19.4 Å². The maximum atomic E-state index is 10.6. The first-order valence-electron chi connectivity index (χ1n) is 5.69. The fourth-order valence-corrected chi connectivity index (χ4v) is 2.75. The Morgan fingerprint density at radius 1 is 1.50 bits per heavy atom. The lowest BCUT2D eigenvalue weighted by Crippen LogP contribution is -2.43. The third-order valence-electron chi connectivity index (χ3n) is 3.47. The Morgan fingerprint density at radius 3 is 2.56 bits per heavy atom. The number of hydrogen-bond acceptors (Lipinski definition) is 3. The average Bonchev–Trinajstić information content (AvgIpc) is 2.60. The van der Waals surface area contributed by atoms with Gasteiger partial charge < -0.3 is 10.0 Å². The molecule has 4 nitrogen and oxygen atoms in total. The van der Waals surface area contributed by atoms with Gasteiger partial charge in [-0.1, -0.05) is 18.5 Å².